The Hall–Kier alpha value is -2.04. The zero-order valence-corrected chi connectivity index (χ0v) is 9.23. The molecule has 0 aliphatic carbocycles. The van der Waals surface area contributed by atoms with E-state index in [4.69, 9.17) is 5.11 Å². The minimum Gasteiger partial charge on any atom is -0.481 e. The number of carboxylic acid groups (broad SMARTS) is 1. The van der Waals surface area contributed by atoms with Crippen LogP contribution >= 0.6 is 0 Å². The Morgan fingerprint density at radius 1 is 1.31 bits per heavy atom. The van der Waals surface area contributed by atoms with Crippen LogP contribution < -0.4 is 10.2 Å². The number of carbonyl (C=O) groups excluding carboxylic acids is 1. The highest BCUT2D eigenvalue weighted by molar-refractivity contribution is 6.02. The molecule has 86 valence electrons. The SMILES string of the molecule is CN(C)c1ccccc1NC(=O)CC(=O)O. The number of carboxylic acids is 1. The zero-order chi connectivity index (χ0) is 12.1. The standard InChI is InChI=1S/C11H14N2O3/c1-13(2)9-6-4-3-5-8(9)12-10(14)7-11(15)16/h3-6H,7H2,1-2H3,(H,12,14)(H,15,16). The molecule has 0 aliphatic rings. The first-order chi connectivity index (χ1) is 7.50. The van der Waals surface area contributed by atoms with E-state index in [1.165, 1.54) is 0 Å². The molecule has 1 aromatic carbocycles. The number of benzene rings is 1. The summed E-state index contributed by atoms with van der Waals surface area (Å²) in [6, 6.07) is 7.21. The number of aliphatic carboxylic acids is 1. The number of hydrogen-bond acceptors (Lipinski definition) is 3. The largest absolute Gasteiger partial charge is 0.481 e. The van der Waals surface area contributed by atoms with Crippen molar-refractivity contribution in [3.8, 4) is 0 Å². The fourth-order valence-corrected chi connectivity index (χ4v) is 1.30. The van der Waals surface area contributed by atoms with E-state index in [9.17, 15) is 9.59 Å². The molecule has 0 spiro atoms. The van der Waals surface area contributed by atoms with Gasteiger partial charge in [0.25, 0.3) is 0 Å². The van der Waals surface area contributed by atoms with Crippen molar-refractivity contribution in [3.05, 3.63) is 24.3 Å². The Kier molecular flexibility index (Phi) is 3.88. The van der Waals surface area contributed by atoms with Gasteiger partial charge in [-0.25, -0.2) is 0 Å². The van der Waals surface area contributed by atoms with Crippen molar-refractivity contribution in [1.29, 1.82) is 0 Å². The summed E-state index contributed by atoms with van der Waals surface area (Å²) in [7, 11) is 3.70. The van der Waals surface area contributed by atoms with Crippen molar-refractivity contribution in [2.45, 2.75) is 6.42 Å². The highest BCUT2D eigenvalue weighted by Gasteiger charge is 2.10. The molecule has 0 heterocycles. The maximum absolute atomic E-state index is 11.3. The van der Waals surface area contributed by atoms with Gasteiger partial charge in [-0.1, -0.05) is 12.1 Å². The van der Waals surface area contributed by atoms with Crippen LogP contribution in [-0.4, -0.2) is 31.1 Å². The van der Waals surface area contributed by atoms with Crippen molar-refractivity contribution in [3.63, 3.8) is 0 Å². The average Bonchev–Trinajstić information content (AvgIpc) is 2.16. The number of rotatable bonds is 4. The van der Waals surface area contributed by atoms with E-state index in [0.717, 1.165) is 5.69 Å². The van der Waals surface area contributed by atoms with E-state index in [-0.39, 0.29) is 0 Å². The third-order valence-electron chi connectivity index (χ3n) is 1.97. The van der Waals surface area contributed by atoms with Gasteiger partial charge in [-0.2, -0.15) is 0 Å². The molecule has 0 aliphatic heterocycles. The molecule has 16 heavy (non-hydrogen) atoms. The quantitative estimate of drug-likeness (QED) is 0.750. The van der Waals surface area contributed by atoms with Crippen molar-refractivity contribution >= 4 is 23.3 Å². The number of para-hydroxylation sites is 2. The lowest BCUT2D eigenvalue weighted by molar-refractivity contribution is -0.139. The van der Waals surface area contributed by atoms with Crippen molar-refractivity contribution in [2.75, 3.05) is 24.3 Å². The molecular weight excluding hydrogens is 208 g/mol. The molecule has 5 heteroatoms. The third-order valence-corrected chi connectivity index (χ3v) is 1.97. The highest BCUT2D eigenvalue weighted by Crippen LogP contribution is 2.23. The third kappa shape index (κ3) is 3.27. The van der Waals surface area contributed by atoms with Crippen LogP contribution in [0.15, 0.2) is 24.3 Å². The summed E-state index contributed by atoms with van der Waals surface area (Å²) >= 11 is 0. The molecule has 1 amide bonds. The van der Waals surface area contributed by atoms with Gasteiger partial charge >= 0.3 is 5.97 Å². The number of nitrogens with zero attached hydrogens (tertiary/aromatic N) is 1. The highest BCUT2D eigenvalue weighted by atomic mass is 16.4. The van der Waals surface area contributed by atoms with Crippen LogP contribution in [0.2, 0.25) is 0 Å². The minimum absolute atomic E-state index is 0.526. The second-order valence-corrected chi connectivity index (χ2v) is 3.53. The molecule has 0 bridgehead atoms. The predicted octanol–water partition coefficient (Wildman–Crippen LogP) is 1.17. The van der Waals surface area contributed by atoms with Crippen molar-refractivity contribution < 1.29 is 14.7 Å². The molecule has 0 saturated carbocycles. The van der Waals surface area contributed by atoms with Gasteiger partial charge in [0.05, 0.1) is 11.4 Å². The van der Waals surface area contributed by atoms with Gasteiger partial charge in [-0.15, -0.1) is 0 Å². The van der Waals surface area contributed by atoms with Gasteiger partial charge in [0, 0.05) is 14.1 Å². The molecule has 5 nitrogen and oxygen atoms in total. The second kappa shape index (κ2) is 5.16. The van der Waals surface area contributed by atoms with E-state index < -0.39 is 18.3 Å². The second-order valence-electron chi connectivity index (χ2n) is 3.53. The van der Waals surface area contributed by atoms with Crippen LogP contribution in [0, 0.1) is 0 Å². The van der Waals surface area contributed by atoms with Crippen LogP contribution in [0.3, 0.4) is 0 Å². The van der Waals surface area contributed by atoms with E-state index >= 15 is 0 Å². The summed E-state index contributed by atoms with van der Waals surface area (Å²) in [6.07, 6.45) is -0.526. The first-order valence-corrected chi connectivity index (χ1v) is 4.78. The average molecular weight is 222 g/mol. The summed E-state index contributed by atoms with van der Waals surface area (Å²) in [5.74, 6) is -1.67. The van der Waals surface area contributed by atoms with Gasteiger partial charge < -0.3 is 15.3 Å². The number of anilines is 2. The smallest absolute Gasteiger partial charge is 0.312 e. The van der Waals surface area contributed by atoms with Gasteiger partial charge in [-0.3, -0.25) is 9.59 Å². The van der Waals surface area contributed by atoms with Crippen LogP contribution in [0.25, 0.3) is 0 Å². The summed E-state index contributed by atoms with van der Waals surface area (Å²) in [5.41, 5.74) is 1.44. The van der Waals surface area contributed by atoms with Gasteiger partial charge in [-0.05, 0) is 12.1 Å². The number of nitrogens with one attached hydrogen (secondary N) is 1. The molecule has 0 radical (unpaired) electrons. The molecule has 0 saturated heterocycles. The molecule has 2 N–H and O–H groups in total. The maximum Gasteiger partial charge on any atom is 0.312 e. The van der Waals surface area contributed by atoms with E-state index in [1.54, 1.807) is 12.1 Å². The molecule has 0 fully saturated rings. The lowest BCUT2D eigenvalue weighted by Crippen LogP contribution is -2.18. The Labute approximate surface area is 93.7 Å². The van der Waals surface area contributed by atoms with Crippen LogP contribution in [0.5, 0.6) is 0 Å². The lowest BCUT2D eigenvalue weighted by Gasteiger charge is -2.17. The minimum atomic E-state index is -1.14. The van der Waals surface area contributed by atoms with Crippen molar-refractivity contribution in [2.24, 2.45) is 0 Å². The Morgan fingerprint density at radius 2 is 1.94 bits per heavy atom. The van der Waals surface area contributed by atoms with Crippen LogP contribution in [0.1, 0.15) is 6.42 Å². The molecule has 1 rings (SSSR count). The molecule has 0 atom stereocenters. The summed E-state index contributed by atoms with van der Waals surface area (Å²) in [6.45, 7) is 0. The summed E-state index contributed by atoms with van der Waals surface area (Å²) in [4.78, 5) is 23.5. The monoisotopic (exact) mass is 222 g/mol. The van der Waals surface area contributed by atoms with Crippen molar-refractivity contribution in [1.82, 2.24) is 0 Å². The Balaban J connectivity index is 2.80. The summed E-state index contributed by atoms with van der Waals surface area (Å²) in [5, 5.41) is 11.0. The van der Waals surface area contributed by atoms with Gasteiger partial charge in [0.2, 0.25) is 5.91 Å². The van der Waals surface area contributed by atoms with E-state index in [2.05, 4.69) is 5.32 Å². The molecular formula is C11H14N2O3. The maximum atomic E-state index is 11.3. The first-order valence-electron chi connectivity index (χ1n) is 4.78. The summed E-state index contributed by atoms with van der Waals surface area (Å²) < 4.78 is 0. The number of carbonyl (C=O) groups is 2. The Bertz CT molecular complexity index is 402. The zero-order valence-electron chi connectivity index (χ0n) is 9.23. The number of amides is 1. The molecule has 0 unspecified atom stereocenters. The topological polar surface area (TPSA) is 69.6 Å². The molecule has 1 aromatic rings. The van der Waals surface area contributed by atoms with E-state index in [1.807, 2.05) is 31.1 Å². The normalized spacial score (nSPS) is 9.62. The Morgan fingerprint density at radius 3 is 2.50 bits per heavy atom. The fraction of sp³-hybridized carbons (Fsp3) is 0.273. The van der Waals surface area contributed by atoms with Crippen LogP contribution in [0.4, 0.5) is 11.4 Å². The fourth-order valence-electron chi connectivity index (χ4n) is 1.30. The van der Waals surface area contributed by atoms with Gasteiger partial charge in [0.1, 0.15) is 6.42 Å². The first kappa shape index (κ1) is 12.0. The lowest BCUT2D eigenvalue weighted by atomic mass is 10.2. The number of hydrogen-bond donors (Lipinski definition) is 2. The molecule has 0 aromatic heterocycles. The van der Waals surface area contributed by atoms with Gasteiger partial charge in [0.15, 0.2) is 0 Å². The predicted molar refractivity (Wildman–Crippen MR) is 61.7 cm³/mol. The van der Waals surface area contributed by atoms with Crippen LogP contribution in [-0.2, 0) is 9.59 Å². The van der Waals surface area contributed by atoms with E-state index in [0.29, 0.717) is 5.69 Å².